The fourth-order valence-electron chi connectivity index (χ4n) is 2.84. The second-order valence-electron chi connectivity index (χ2n) is 6.78. The van der Waals surface area contributed by atoms with Crippen LogP contribution in [0.5, 0.6) is 0 Å². The number of hydrogen-bond acceptors (Lipinski definition) is 7. The Kier molecular flexibility index (Phi) is 5.91. The molecule has 0 unspecified atom stereocenters. The first kappa shape index (κ1) is 20.2. The summed E-state index contributed by atoms with van der Waals surface area (Å²) in [6, 6.07) is 10.0. The zero-order valence-electron chi connectivity index (χ0n) is 16.8. The van der Waals surface area contributed by atoms with Gasteiger partial charge in [-0.05, 0) is 56.2 Å². The van der Waals surface area contributed by atoms with Crippen molar-refractivity contribution in [3.05, 3.63) is 64.9 Å². The molecule has 9 heteroatoms. The van der Waals surface area contributed by atoms with Crippen LogP contribution in [0.3, 0.4) is 0 Å². The highest BCUT2D eigenvalue weighted by molar-refractivity contribution is 7.99. The number of benzene rings is 1. The monoisotopic (exact) mass is 436 g/mol. The first-order chi connectivity index (χ1) is 14.5. The number of carbonyl (C=O) groups is 1. The van der Waals surface area contributed by atoms with Crippen LogP contribution in [0, 0.1) is 20.8 Å². The van der Waals surface area contributed by atoms with Crippen molar-refractivity contribution < 1.29 is 4.79 Å². The lowest BCUT2D eigenvalue weighted by atomic mass is 10.1. The SMILES string of the molecule is Cc1csc(NC(=O)CSc2nnc(-c3cccnc3)n2-c2ccc(C)c(C)c2)n1. The highest BCUT2D eigenvalue weighted by Crippen LogP contribution is 2.28. The predicted molar refractivity (Wildman–Crippen MR) is 120 cm³/mol. The van der Waals surface area contributed by atoms with E-state index in [9.17, 15) is 4.79 Å². The van der Waals surface area contributed by atoms with Gasteiger partial charge in [0.2, 0.25) is 5.91 Å². The zero-order chi connectivity index (χ0) is 21.1. The molecule has 7 nitrogen and oxygen atoms in total. The fraction of sp³-hybridized carbons (Fsp3) is 0.190. The molecule has 0 aliphatic carbocycles. The number of aromatic nitrogens is 5. The molecule has 0 aliphatic heterocycles. The minimum atomic E-state index is -0.132. The summed E-state index contributed by atoms with van der Waals surface area (Å²) in [7, 11) is 0. The maximum absolute atomic E-state index is 12.4. The van der Waals surface area contributed by atoms with Gasteiger partial charge in [0.05, 0.1) is 17.1 Å². The van der Waals surface area contributed by atoms with Gasteiger partial charge in [0.1, 0.15) is 0 Å². The predicted octanol–water partition coefficient (Wildman–Crippen LogP) is 4.44. The maximum atomic E-state index is 12.4. The van der Waals surface area contributed by atoms with Crippen molar-refractivity contribution in [1.29, 1.82) is 0 Å². The lowest BCUT2D eigenvalue weighted by Gasteiger charge is -2.12. The van der Waals surface area contributed by atoms with Crippen LogP contribution in [0.15, 0.2) is 53.3 Å². The summed E-state index contributed by atoms with van der Waals surface area (Å²) >= 11 is 2.75. The molecule has 3 heterocycles. The number of carbonyl (C=O) groups excluding carboxylic acids is 1. The van der Waals surface area contributed by atoms with Crippen molar-refractivity contribution in [2.45, 2.75) is 25.9 Å². The summed E-state index contributed by atoms with van der Waals surface area (Å²) in [5.74, 6) is 0.756. The van der Waals surface area contributed by atoms with Crippen molar-refractivity contribution in [2.24, 2.45) is 0 Å². The van der Waals surface area contributed by atoms with E-state index in [0.29, 0.717) is 16.1 Å². The van der Waals surface area contributed by atoms with E-state index in [-0.39, 0.29) is 11.7 Å². The Morgan fingerprint density at radius 1 is 1.17 bits per heavy atom. The average molecular weight is 437 g/mol. The van der Waals surface area contributed by atoms with Crippen molar-refractivity contribution in [1.82, 2.24) is 24.7 Å². The van der Waals surface area contributed by atoms with E-state index < -0.39 is 0 Å². The van der Waals surface area contributed by atoms with Crippen molar-refractivity contribution >= 4 is 34.1 Å². The first-order valence-electron chi connectivity index (χ1n) is 9.29. The average Bonchev–Trinajstić information content (AvgIpc) is 3.35. The Labute approximate surface area is 182 Å². The summed E-state index contributed by atoms with van der Waals surface area (Å²) in [6.45, 7) is 6.05. The standard InChI is InChI=1S/C21H20N6OS2/c1-13-6-7-17(9-14(13)2)27-19(16-5-4-8-22-10-16)25-26-21(27)30-12-18(28)24-20-23-15(3)11-29-20/h4-11H,12H2,1-3H3,(H,23,24,28). The van der Waals surface area contributed by atoms with Gasteiger partial charge in [-0.15, -0.1) is 21.5 Å². The minimum Gasteiger partial charge on any atom is -0.301 e. The van der Waals surface area contributed by atoms with Crippen LogP contribution >= 0.6 is 23.1 Å². The number of pyridine rings is 1. The zero-order valence-corrected chi connectivity index (χ0v) is 18.4. The van der Waals surface area contributed by atoms with Gasteiger partial charge < -0.3 is 5.32 Å². The second-order valence-corrected chi connectivity index (χ2v) is 8.58. The van der Waals surface area contributed by atoms with Gasteiger partial charge in [-0.25, -0.2) is 4.98 Å². The molecule has 0 fully saturated rings. The van der Waals surface area contributed by atoms with Crippen LogP contribution in [0.1, 0.15) is 16.8 Å². The molecular formula is C21H20N6OS2. The Balaban J connectivity index is 1.63. The molecule has 30 heavy (non-hydrogen) atoms. The second kappa shape index (κ2) is 8.76. The molecule has 152 valence electrons. The molecule has 0 saturated heterocycles. The smallest absolute Gasteiger partial charge is 0.236 e. The van der Waals surface area contributed by atoms with E-state index in [1.54, 1.807) is 12.4 Å². The summed E-state index contributed by atoms with van der Waals surface area (Å²) in [6.07, 6.45) is 3.48. The Bertz CT molecular complexity index is 1190. The van der Waals surface area contributed by atoms with Crippen LogP contribution in [0.4, 0.5) is 5.13 Å². The highest BCUT2D eigenvalue weighted by Gasteiger charge is 2.18. The number of nitrogens with zero attached hydrogens (tertiary/aromatic N) is 5. The number of hydrogen-bond donors (Lipinski definition) is 1. The lowest BCUT2D eigenvalue weighted by Crippen LogP contribution is -2.14. The highest BCUT2D eigenvalue weighted by atomic mass is 32.2. The van der Waals surface area contributed by atoms with Crippen LogP contribution < -0.4 is 5.32 Å². The van der Waals surface area contributed by atoms with Gasteiger partial charge in [0, 0.05) is 23.3 Å². The molecular weight excluding hydrogens is 416 g/mol. The molecule has 0 atom stereocenters. The van der Waals surface area contributed by atoms with Crippen LogP contribution in [-0.4, -0.2) is 36.4 Å². The molecule has 4 rings (SSSR count). The molecule has 0 saturated carbocycles. The van der Waals surface area contributed by atoms with Gasteiger partial charge in [0.15, 0.2) is 16.1 Å². The number of thiazole rings is 1. The molecule has 0 radical (unpaired) electrons. The van der Waals surface area contributed by atoms with Crippen molar-refractivity contribution in [2.75, 3.05) is 11.1 Å². The van der Waals surface area contributed by atoms with E-state index in [1.807, 2.05) is 35.1 Å². The lowest BCUT2D eigenvalue weighted by molar-refractivity contribution is -0.113. The fourth-order valence-corrected chi connectivity index (χ4v) is 4.30. The van der Waals surface area contributed by atoms with Crippen molar-refractivity contribution in [3.63, 3.8) is 0 Å². The van der Waals surface area contributed by atoms with Crippen molar-refractivity contribution in [3.8, 4) is 17.1 Å². The molecule has 0 bridgehead atoms. The summed E-state index contributed by atoms with van der Waals surface area (Å²) in [4.78, 5) is 20.9. The Morgan fingerprint density at radius 2 is 2.03 bits per heavy atom. The van der Waals surface area contributed by atoms with E-state index >= 15 is 0 Å². The number of anilines is 1. The molecule has 0 spiro atoms. The van der Waals surface area contributed by atoms with Crippen LogP contribution in [0.2, 0.25) is 0 Å². The van der Waals surface area contributed by atoms with Crippen LogP contribution in [0.25, 0.3) is 17.1 Å². The first-order valence-corrected chi connectivity index (χ1v) is 11.2. The number of nitrogens with one attached hydrogen (secondary N) is 1. The largest absolute Gasteiger partial charge is 0.301 e. The van der Waals surface area contributed by atoms with E-state index in [2.05, 4.69) is 51.5 Å². The number of thioether (sulfide) groups is 1. The third kappa shape index (κ3) is 4.42. The molecule has 3 aromatic heterocycles. The minimum absolute atomic E-state index is 0.132. The number of rotatable bonds is 6. The van der Waals surface area contributed by atoms with Gasteiger partial charge in [-0.1, -0.05) is 17.8 Å². The third-order valence-electron chi connectivity index (χ3n) is 4.50. The Hall–Kier alpha value is -3.04. The maximum Gasteiger partial charge on any atom is 0.236 e. The summed E-state index contributed by atoms with van der Waals surface area (Å²) in [5.41, 5.74) is 5.07. The molecule has 0 aliphatic rings. The summed E-state index contributed by atoms with van der Waals surface area (Å²) in [5, 5.41) is 14.7. The van der Waals surface area contributed by atoms with Crippen LogP contribution in [-0.2, 0) is 4.79 Å². The van der Waals surface area contributed by atoms with Gasteiger partial charge in [-0.3, -0.25) is 14.3 Å². The topological polar surface area (TPSA) is 85.6 Å². The number of aryl methyl sites for hydroxylation is 3. The van der Waals surface area contributed by atoms with E-state index in [0.717, 1.165) is 16.9 Å². The molecule has 1 aromatic carbocycles. The molecule has 4 aromatic rings. The van der Waals surface area contributed by atoms with E-state index in [1.165, 1.54) is 34.2 Å². The number of amides is 1. The molecule has 1 N–H and O–H groups in total. The van der Waals surface area contributed by atoms with Gasteiger partial charge in [-0.2, -0.15) is 0 Å². The Morgan fingerprint density at radius 3 is 2.73 bits per heavy atom. The van der Waals surface area contributed by atoms with Gasteiger partial charge in [0.25, 0.3) is 0 Å². The normalized spacial score (nSPS) is 10.9. The van der Waals surface area contributed by atoms with Gasteiger partial charge >= 0.3 is 0 Å². The van der Waals surface area contributed by atoms with E-state index in [4.69, 9.17) is 0 Å². The molecule has 1 amide bonds. The summed E-state index contributed by atoms with van der Waals surface area (Å²) < 4.78 is 1.97. The quantitative estimate of drug-likeness (QED) is 0.450. The third-order valence-corrected chi connectivity index (χ3v) is 6.30.